The monoisotopic (exact) mass is 171 g/mol. The Morgan fingerprint density at radius 2 is 2.17 bits per heavy atom. The fourth-order valence-electron chi connectivity index (χ4n) is 1.83. The quantitative estimate of drug-likeness (QED) is 0.656. The summed E-state index contributed by atoms with van der Waals surface area (Å²) in [6.07, 6.45) is 2.82. The summed E-state index contributed by atoms with van der Waals surface area (Å²) in [6.45, 7) is 0.233. The van der Waals surface area contributed by atoms with Crippen LogP contribution in [0.3, 0.4) is 0 Å². The second-order valence-corrected chi connectivity index (χ2v) is 3.79. The molecule has 0 heterocycles. The number of aliphatic hydroxyl groups is 1. The van der Waals surface area contributed by atoms with Crippen molar-refractivity contribution in [1.82, 2.24) is 4.90 Å². The summed E-state index contributed by atoms with van der Waals surface area (Å²) in [7, 11) is 3.57. The molecule has 1 aliphatic carbocycles. The maximum absolute atomic E-state index is 11.5. The van der Waals surface area contributed by atoms with Crippen LogP contribution in [-0.2, 0) is 4.79 Å². The van der Waals surface area contributed by atoms with Crippen LogP contribution in [-0.4, -0.2) is 36.6 Å². The van der Waals surface area contributed by atoms with Gasteiger partial charge in [-0.3, -0.25) is 4.79 Å². The van der Waals surface area contributed by atoms with E-state index in [1.54, 1.807) is 19.0 Å². The third kappa shape index (κ3) is 1.97. The minimum absolute atomic E-state index is 0.164. The number of nitrogens with zero attached hydrogens (tertiary/aromatic N) is 1. The number of carbonyl (C=O) groups is 1. The van der Waals surface area contributed by atoms with Crippen LogP contribution in [0.25, 0.3) is 0 Å². The van der Waals surface area contributed by atoms with E-state index >= 15 is 0 Å². The van der Waals surface area contributed by atoms with E-state index in [4.69, 9.17) is 5.11 Å². The molecule has 0 aromatic carbocycles. The lowest BCUT2D eigenvalue weighted by Crippen LogP contribution is -2.28. The highest BCUT2D eigenvalue weighted by Crippen LogP contribution is 2.31. The molecule has 70 valence electrons. The Morgan fingerprint density at radius 3 is 2.58 bits per heavy atom. The molecular weight excluding hydrogens is 154 g/mol. The van der Waals surface area contributed by atoms with E-state index in [0.29, 0.717) is 5.92 Å². The molecule has 1 amide bonds. The third-order valence-corrected chi connectivity index (χ3v) is 2.59. The maximum atomic E-state index is 11.5. The standard InChI is InChI=1S/C9H17NO2/c1-10(2)9(12)8-4-3-7(5-8)6-11/h7-8,11H,3-6H2,1-2H3. The van der Waals surface area contributed by atoms with Crippen LogP contribution in [0.4, 0.5) is 0 Å². The number of aliphatic hydroxyl groups excluding tert-OH is 1. The fourth-order valence-corrected chi connectivity index (χ4v) is 1.83. The molecule has 0 aromatic heterocycles. The van der Waals surface area contributed by atoms with Crippen molar-refractivity contribution in [2.45, 2.75) is 19.3 Å². The van der Waals surface area contributed by atoms with Crippen molar-refractivity contribution in [2.24, 2.45) is 11.8 Å². The summed E-state index contributed by atoms with van der Waals surface area (Å²) in [4.78, 5) is 13.1. The van der Waals surface area contributed by atoms with Crippen LogP contribution < -0.4 is 0 Å². The molecule has 1 saturated carbocycles. The van der Waals surface area contributed by atoms with Crippen molar-refractivity contribution >= 4 is 5.91 Å². The molecule has 0 saturated heterocycles. The number of rotatable bonds is 2. The Labute approximate surface area is 73.4 Å². The number of carbonyl (C=O) groups excluding carboxylic acids is 1. The van der Waals surface area contributed by atoms with Crippen molar-refractivity contribution in [3.05, 3.63) is 0 Å². The molecule has 1 rings (SSSR count). The molecular formula is C9H17NO2. The van der Waals surface area contributed by atoms with Crippen LogP contribution in [0.2, 0.25) is 0 Å². The molecule has 1 fully saturated rings. The van der Waals surface area contributed by atoms with E-state index < -0.39 is 0 Å². The Balaban J connectivity index is 2.41. The fraction of sp³-hybridized carbons (Fsp3) is 0.889. The Kier molecular flexibility index (Phi) is 3.09. The summed E-state index contributed by atoms with van der Waals surface area (Å²) in [6, 6.07) is 0. The zero-order chi connectivity index (χ0) is 9.14. The molecule has 0 spiro atoms. The molecule has 0 radical (unpaired) electrons. The van der Waals surface area contributed by atoms with Crippen LogP contribution in [0.15, 0.2) is 0 Å². The molecule has 1 N–H and O–H groups in total. The Morgan fingerprint density at radius 1 is 1.50 bits per heavy atom. The normalized spacial score (nSPS) is 28.9. The summed E-state index contributed by atoms with van der Waals surface area (Å²) in [5.41, 5.74) is 0. The largest absolute Gasteiger partial charge is 0.396 e. The van der Waals surface area contributed by atoms with Gasteiger partial charge in [0.2, 0.25) is 5.91 Å². The molecule has 12 heavy (non-hydrogen) atoms. The zero-order valence-corrected chi connectivity index (χ0v) is 7.79. The van der Waals surface area contributed by atoms with Gasteiger partial charge in [0.1, 0.15) is 0 Å². The second kappa shape index (κ2) is 3.90. The first-order chi connectivity index (χ1) is 5.65. The van der Waals surface area contributed by atoms with E-state index in [0.717, 1.165) is 19.3 Å². The van der Waals surface area contributed by atoms with Gasteiger partial charge in [-0.25, -0.2) is 0 Å². The number of amides is 1. The molecule has 0 aromatic rings. The highest BCUT2D eigenvalue weighted by molar-refractivity contribution is 5.78. The first-order valence-electron chi connectivity index (χ1n) is 4.47. The van der Waals surface area contributed by atoms with E-state index in [9.17, 15) is 4.79 Å². The van der Waals surface area contributed by atoms with Crippen molar-refractivity contribution < 1.29 is 9.90 Å². The topological polar surface area (TPSA) is 40.5 Å². The summed E-state index contributed by atoms with van der Waals surface area (Å²) in [5, 5.41) is 8.88. The van der Waals surface area contributed by atoms with Gasteiger partial charge in [0.05, 0.1) is 0 Å². The van der Waals surface area contributed by atoms with Crippen molar-refractivity contribution in [3.63, 3.8) is 0 Å². The van der Waals surface area contributed by atoms with Crippen LogP contribution in [0, 0.1) is 11.8 Å². The molecule has 0 bridgehead atoms. The molecule has 1 aliphatic rings. The first kappa shape index (κ1) is 9.52. The zero-order valence-electron chi connectivity index (χ0n) is 7.79. The van der Waals surface area contributed by atoms with Gasteiger partial charge in [0.25, 0.3) is 0 Å². The van der Waals surface area contributed by atoms with Crippen LogP contribution >= 0.6 is 0 Å². The summed E-state index contributed by atoms with van der Waals surface area (Å²) >= 11 is 0. The number of hydrogen-bond acceptors (Lipinski definition) is 2. The van der Waals surface area contributed by atoms with Crippen LogP contribution in [0.5, 0.6) is 0 Å². The van der Waals surface area contributed by atoms with Gasteiger partial charge in [-0.05, 0) is 25.2 Å². The predicted molar refractivity (Wildman–Crippen MR) is 46.6 cm³/mol. The first-order valence-corrected chi connectivity index (χ1v) is 4.47. The van der Waals surface area contributed by atoms with Gasteiger partial charge in [-0.15, -0.1) is 0 Å². The molecule has 3 nitrogen and oxygen atoms in total. The highest BCUT2D eigenvalue weighted by atomic mass is 16.3. The van der Waals surface area contributed by atoms with Crippen molar-refractivity contribution in [1.29, 1.82) is 0 Å². The van der Waals surface area contributed by atoms with Gasteiger partial charge in [0.15, 0.2) is 0 Å². The summed E-state index contributed by atoms with van der Waals surface area (Å²) in [5.74, 6) is 0.738. The lowest BCUT2D eigenvalue weighted by molar-refractivity contribution is -0.132. The lowest BCUT2D eigenvalue weighted by Gasteiger charge is -2.15. The minimum atomic E-state index is 0.164. The van der Waals surface area contributed by atoms with Gasteiger partial charge >= 0.3 is 0 Å². The summed E-state index contributed by atoms with van der Waals surface area (Å²) < 4.78 is 0. The third-order valence-electron chi connectivity index (χ3n) is 2.59. The van der Waals surface area contributed by atoms with E-state index in [-0.39, 0.29) is 18.4 Å². The molecule has 2 unspecified atom stereocenters. The molecule has 2 atom stereocenters. The van der Waals surface area contributed by atoms with Gasteiger partial charge in [-0.2, -0.15) is 0 Å². The van der Waals surface area contributed by atoms with E-state index in [1.165, 1.54) is 0 Å². The second-order valence-electron chi connectivity index (χ2n) is 3.79. The molecule has 0 aliphatic heterocycles. The van der Waals surface area contributed by atoms with Gasteiger partial charge in [0, 0.05) is 26.6 Å². The predicted octanol–water partition coefficient (Wildman–Crippen LogP) is 0.483. The van der Waals surface area contributed by atoms with E-state index in [2.05, 4.69) is 0 Å². The van der Waals surface area contributed by atoms with Crippen molar-refractivity contribution in [2.75, 3.05) is 20.7 Å². The highest BCUT2D eigenvalue weighted by Gasteiger charge is 2.29. The van der Waals surface area contributed by atoms with Gasteiger partial charge < -0.3 is 10.0 Å². The average molecular weight is 171 g/mol. The van der Waals surface area contributed by atoms with Gasteiger partial charge in [-0.1, -0.05) is 0 Å². The van der Waals surface area contributed by atoms with Crippen molar-refractivity contribution in [3.8, 4) is 0 Å². The average Bonchev–Trinajstić information content (AvgIpc) is 2.50. The lowest BCUT2D eigenvalue weighted by atomic mass is 10.0. The number of hydrogen-bond donors (Lipinski definition) is 1. The maximum Gasteiger partial charge on any atom is 0.225 e. The van der Waals surface area contributed by atoms with Crippen LogP contribution in [0.1, 0.15) is 19.3 Å². The SMILES string of the molecule is CN(C)C(=O)C1CCC(CO)C1. The smallest absolute Gasteiger partial charge is 0.225 e. The molecule has 3 heteroatoms. The minimum Gasteiger partial charge on any atom is -0.396 e. The Hall–Kier alpha value is -0.570. The Bertz CT molecular complexity index is 168. The van der Waals surface area contributed by atoms with E-state index in [1.807, 2.05) is 0 Å².